The maximum atomic E-state index is 2.34. The molecular formula is C51H34. The van der Waals surface area contributed by atoms with Crippen LogP contribution in [0.15, 0.2) is 188 Å². The van der Waals surface area contributed by atoms with E-state index in [4.69, 9.17) is 0 Å². The van der Waals surface area contributed by atoms with E-state index in [9.17, 15) is 0 Å². The van der Waals surface area contributed by atoms with Crippen molar-refractivity contribution in [2.75, 3.05) is 0 Å². The van der Waals surface area contributed by atoms with Gasteiger partial charge in [-0.25, -0.2) is 0 Å². The van der Waals surface area contributed by atoms with Crippen LogP contribution in [0.25, 0.3) is 98.4 Å². The van der Waals surface area contributed by atoms with Crippen molar-refractivity contribution in [1.82, 2.24) is 0 Å². The fraction of sp³-hybridized carbons (Fsp3) is 0.0196. The Morgan fingerprint density at radius 3 is 0.980 bits per heavy atom. The molecule has 0 heteroatoms. The standard InChI is InChI=1S/C51H34/c1-33-13-12-16-38(31-33)50-44-21-8-4-17-40(44)48(41-18-5-9-22-45(41)50)35-26-28-36(29-27-35)49-42-19-6-10-23-46(42)51(47-24-11-7-20-43(47)49)39-30-25-34-14-2-3-15-37(34)32-39/h2-32H,1H3. The molecule has 10 aromatic carbocycles. The third-order valence-corrected chi connectivity index (χ3v) is 10.7. The SMILES string of the molecule is Cc1cccc(-c2c3ccccc3c(-c3ccc(-c4c5ccccc5c(-c5ccc6ccccc6c5)c5ccccc45)cc3)c3ccccc23)c1. The van der Waals surface area contributed by atoms with Gasteiger partial charge in [0.2, 0.25) is 0 Å². The summed E-state index contributed by atoms with van der Waals surface area (Å²) in [7, 11) is 0. The molecule has 10 rings (SSSR count). The van der Waals surface area contributed by atoms with E-state index in [2.05, 4.69) is 195 Å². The molecule has 238 valence electrons. The van der Waals surface area contributed by atoms with Crippen molar-refractivity contribution in [3.63, 3.8) is 0 Å². The zero-order valence-corrected chi connectivity index (χ0v) is 28.4. The average Bonchev–Trinajstić information content (AvgIpc) is 3.19. The Hall–Kier alpha value is -6.50. The molecule has 0 aromatic heterocycles. The third kappa shape index (κ3) is 4.76. The van der Waals surface area contributed by atoms with Gasteiger partial charge in [-0.1, -0.05) is 188 Å². The van der Waals surface area contributed by atoms with Gasteiger partial charge < -0.3 is 0 Å². The summed E-state index contributed by atoms with van der Waals surface area (Å²) in [5.41, 5.74) is 11.4. The first-order valence-corrected chi connectivity index (χ1v) is 17.8. The summed E-state index contributed by atoms with van der Waals surface area (Å²) < 4.78 is 0. The van der Waals surface area contributed by atoms with Crippen LogP contribution in [0, 0.1) is 6.92 Å². The van der Waals surface area contributed by atoms with Gasteiger partial charge in [-0.2, -0.15) is 0 Å². The van der Waals surface area contributed by atoms with Gasteiger partial charge >= 0.3 is 0 Å². The molecule has 0 aliphatic heterocycles. The van der Waals surface area contributed by atoms with Crippen LogP contribution in [0.3, 0.4) is 0 Å². The van der Waals surface area contributed by atoms with E-state index in [1.165, 1.54) is 104 Å². The molecule has 0 atom stereocenters. The minimum atomic E-state index is 1.22. The number of hydrogen-bond donors (Lipinski definition) is 0. The molecular weight excluding hydrogens is 613 g/mol. The molecule has 51 heavy (non-hydrogen) atoms. The molecule has 0 saturated heterocycles. The van der Waals surface area contributed by atoms with Gasteiger partial charge in [0.1, 0.15) is 0 Å². The molecule has 0 unspecified atom stereocenters. The zero-order valence-electron chi connectivity index (χ0n) is 28.4. The first-order valence-electron chi connectivity index (χ1n) is 17.8. The van der Waals surface area contributed by atoms with E-state index >= 15 is 0 Å². The molecule has 0 saturated carbocycles. The van der Waals surface area contributed by atoms with Crippen molar-refractivity contribution in [3.8, 4) is 44.5 Å². The van der Waals surface area contributed by atoms with Crippen LogP contribution in [0.4, 0.5) is 0 Å². The topological polar surface area (TPSA) is 0 Å². The Bertz CT molecular complexity index is 2850. The molecule has 0 nitrogen and oxygen atoms in total. The number of fused-ring (bicyclic) bond motifs is 5. The lowest BCUT2D eigenvalue weighted by atomic mass is 9.84. The first kappa shape index (κ1) is 29.4. The molecule has 0 fully saturated rings. The predicted molar refractivity (Wildman–Crippen MR) is 220 cm³/mol. The van der Waals surface area contributed by atoms with Gasteiger partial charge in [0.05, 0.1) is 0 Å². The lowest BCUT2D eigenvalue weighted by Crippen LogP contribution is -1.92. The van der Waals surface area contributed by atoms with Crippen molar-refractivity contribution < 1.29 is 0 Å². The molecule has 0 spiro atoms. The van der Waals surface area contributed by atoms with E-state index in [1.807, 2.05) is 0 Å². The second-order valence-electron chi connectivity index (χ2n) is 13.7. The van der Waals surface area contributed by atoms with Crippen LogP contribution < -0.4 is 0 Å². The Balaban J connectivity index is 1.19. The van der Waals surface area contributed by atoms with Gasteiger partial charge in [-0.3, -0.25) is 0 Å². The second-order valence-corrected chi connectivity index (χ2v) is 13.7. The van der Waals surface area contributed by atoms with Gasteiger partial charge in [0.25, 0.3) is 0 Å². The quantitative estimate of drug-likeness (QED) is 0.167. The minimum absolute atomic E-state index is 1.22. The van der Waals surface area contributed by atoms with E-state index in [1.54, 1.807) is 0 Å². The lowest BCUT2D eigenvalue weighted by Gasteiger charge is -2.19. The summed E-state index contributed by atoms with van der Waals surface area (Å²) in [6, 6.07) is 69.4. The van der Waals surface area contributed by atoms with Gasteiger partial charge in [0.15, 0.2) is 0 Å². The largest absolute Gasteiger partial charge is 0.0616 e. The van der Waals surface area contributed by atoms with E-state index < -0.39 is 0 Å². The monoisotopic (exact) mass is 646 g/mol. The molecule has 0 N–H and O–H groups in total. The fourth-order valence-electron chi connectivity index (χ4n) is 8.45. The summed E-state index contributed by atoms with van der Waals surface area (Å²) >= 11 is 0. The number of aryl methyl sites for hydroxylation is 1. The number of benzene rings is 10. The summed E-state index contributed by atoms with van der Waals surface area (Å²) in [4.78, 5) is 0. The molecule has 0 bridgehead atoms. The van der Waals surface area contributed by atoms with Gasteiger partial charge in [-0.05, 0) is 111 Å². The molecule has 0 heterocycles. The first-order chi connectivity index (χ1) is 25.2. The lowest BCUT2D eigenvalue weighted by molar-refractivity contribution is 1.47. The summed E-state index contributed by atoms with van der Waals surface area (Å²) in [6.07, 6.45) is 0. The Labute approximate surface area is 297 Å². The van der Waals surface area contributed by atoms with Crippen LogP contribution in [0.2, 0.25) is 0 Å². The van der Waals surface area contributed by atoms with Crippen LogP contribution in [-0.4, -0.2) is 0 Å². The fourth-order valence-corrected chi connectivity index (χ4v) is 8.45. The van der Waals surface area contributed by atoms with E-state index in [0.717, 1.165) is 0 Å². The van der Waals surface area contributed by atoms with Crippen LogP contribution >= 0.6 is 0 Å². The average molecular weight is 647 g/mol. The van der Waals surface area contributed by atoms with E-state index in [0.29, 0.717) is 0 Å². The van der Waals surface area contributed by atoms with Gasteiger partial charge in [-0.15, -0.1) is 0 Å². The van der Waals surface area contributed by atoms with Crippen molar-refractivity contribution in [1.29, 1.82) is 0 Å². The highest BCUT2D eigenvalue weighted by atomic mass is 14.2. The van der Waals surface area contributed by atoms with Crippen LogP contribution in [0.5, 0.6) is 0 Å². The smallest absolute Gasteiger partial charge is 0.00262 e. The number of rotatable bonds is 4. The second kappa shape index (κ2) is 11.8. The summed E-state index contributed by atoms with van der Waals surface area (Å²) in [5.74, 6) is 0. The van der Waals surface area contributed by atoms with E-state index in [-0.39, 0.29) is 0 Å². The highest BCUT2D eigenvalue weighted by Crippen LogP contribution is 2.46. The Morgan fingerprint density at radius 2 is 0.569 bits per heavy atom. The van der Waals surface area contributed by atoms with Crippen molar-refractivity contribution in [3.05, 3.63) is 194 Å². The molecule has 0 aliphatic rings. The highest BCUT2D eigenvalue weighted by molar-refractivity contribution is 6.23. The normalized spacial score (nSPS) is 11.6. The summed E-state index contributed by atoms with van der Waals surface area (Å²) in [6.45, 7) is 2.17. The zero-order chi connectivity index (χ0) is 33.9. The summed E-state index contributed by atoms with van der Waals surface area (Å²) in [5, 5.41) is 12.7. The van der Waals surface area contributed by atoms with Crippen LogP contribution in [-0.2, 0) is 0 Å². The van der Waals surface area contributed by atoms with Crippen molar-refractivity contribution in [2.24, 2.45) is 0 Å². The molecule has 10 aromatic rings. The predicted octanol–water partition coefficient (Wildman–Crippen LogP) is 14.4. The maximum absolute atomic E-state index is 2.34. The molecule has 0 aliphatic carbocycles. The van der Waals surface area contributed by atoms with Crippen LogP contribution in [0.1, 0.15) is 5.56 Å². The van der Waals surface area contributed by atoms with Crippen molar-refractivity contribution in [2.45, 2.75) is 6.92 Å². The Kier molecular flexibility index (Phi) is 6.82. The maximum Gasteiger partial charge on any atom is -0.00262 e. The van der Waals surface area contributed by atoms with Crippen molar-refractivity contribution >= 4 is 53.9 Å². The van der Waals surface area contributed by atoms with Gasteiger partial charge in [0, 0.05) is 0 Å². The third-order valence-electron chi connectivity index (χ3n) is 10.7. The Morgan fingerprint density at radius 1 is 0.235 bits per heavy atom. The molecule has 0 radical (unpaired) electrons. The number of hydrogen-bond acceptors (Lipinski definition) is 0. The minimum Gasteiger partial charge on any atom is -0.0616 e. The highest BCUT2D eigenvalue weighted by Gasteiger charge is 2.19. The molecule has 0 amide bonds.